The standard InChI is InChI=1S/C34H39N3O5/c1-3-33(4-2,31(39)40)35-30(38)34(18-20-37(21-19-34)22-24-12-6-5-7-13-24)36-32(41)42-23-29-27-16-10-8-14-25(27)26-15-9-11-17-28(26)29/h5-17,29H,3-4,18-23H2,1-2H3,(H,35,38)(H,36,41)(H,39,40). The van der Waals surface area contributed by atoms with E-state index in [0.717, 1.165) is 28.8 Å². The Bertz CT molecular complexity index is 1380. The molecule has 0 unspecified atom stereocenters. The minimum atomic E-state index is -1.41. The molecular formula is C34H39N3O5. The van der Waals surface area contributed by atoms with Crippen LogP contribution in [0.25, 0.3) is 11.1 Å². The molecular weight excluding hydrogens is 530 g/mol. The van der Waals surface area contributed by atoms with Gasteiger partial charge in [-0.1, -0.05) is 92.7 Å². The molecule has 1 fully saturated rings. The van der Waals surface area contributed by atoms with Gasteiger partial charge in [0.1, 0.15) is 17.7 Å². The number of benzene rings is 3. The number of amides is 2. The summed E-state index contributed by atoms with van der Waals surface area (Å²) in [5, 5.41) is 15.7. The molecule has 0 aromatic heterocycles. The lowest BCUT2D eigenvalue weighted by molar-refractivity contribution is -0.149. The number of carboxylic acids is 1. The minimum Gasteiger partial charge on any atom is -0.480 e. The Kier molecular flexibility index (Phi) is 8.64. The Hall–Kier alpha value is -4.17. The second-order valence-electron chi connectivity index (χ2n) is 11.3. The first kappa shape index (κ1) is 29.3. The first-order valence-corrected chi connectivity index (χ1v) is 14.8. The molecule has 42 heavy (non-hydrogen) atoms. The SMILES string of the molecule is CCC(CC)(NC(=O)C1(NC(=O)OCC2c3ccccc3-c3ccccc32)CCN(Cc2ccccc2)CC1)C(=O)O. The molecule has 3 N–H and O–H groups in total. The van der Waals surface area contributed by atoms with E-state index in [9.17, 15) is 19.5 Å². The number of piperidine rings is 1. The molecule has 2 amide bonds. The molecule has 0 bridgehead atoms. The Balaban J connectivity index is 1.32. The average molecular weight is 570 g/mol. The molecule has 0 saturated carbocycles. The Morgan fingerprint density at radius 3 is 1.98 bits per heavy atom. The summed E-state index contributed by atoms with van der Waals surface area (Å²) in [5.74, 6) is -1.68. The van der Waals surface area contributed by atoms with Gasteiger partial charge in [-0.2, -0.15) is 0 Å². The van der Waals surface area contributed by atoms with Crippen molar-refractivity contribution in [2.75, 3.05) is 19.7 Å². The summed E-state index contributed by atoms with van der Waals surface area (Å²) in [5.41, 5.74) is 2.94. The van der Waals surface area contributed by atoms with Gasteiger partial charge in [-0.25, -0.2) is 9.59 Å². The van der Waals surface area contributed by atoms with Gasteiger partial charge in [0.2, 0.25) is 5.91 Å². The lowest BCUT2D eigenvalue weighted by Gasteiger charge is -2.42. The lowest BCUT2D eigenvalue weighted by atomic mass is 9.84. The maximum Gasteiger partial charge on any atom is 0.408 e. The molecule has 220 valence electrons. The molecule has 1 aliphatic heterocycles. The number of rotatable bonds is 10. The number of hydrogen-bond donors (Lipinski definition) is 3. The van der Waals surface area contributed by atoms with Crippen LogP contribution in [0.3, 0.4) is 0 Å². The van der Waals surface area contributed by atoms with E-state index in [1.807, 2.05) is 42.5 Å². The highest BCUT2D eigenvalue weighted by molar-refractivity contribution is 5.94. The van der Waals surface area contributed by atoms with E-state index >= 15 is 0 Å². The second kappa shape index (κ2) is 12.4. The summed E-state index contributed by atoms with van der Waals surface area (Å²) >= 11 is 0. The number of nitrogens with one attached hydrogen (secondary N) is 2. The average Bonchev–Trinajstić information content (AvgIpc) is 3.33. The zero-order chi connectivity index (χ0) is 29.7. The van der Waals surface area contributed by atoms with Crippen molar-refractivity contribution in [3.05, 3.63) is 95.6 Å². The number of fused-ring (bicyclic) bond motifs is 3. The predicted octanol–water partition coefficient (Wildman–Crippen LogP) is 5.32. The second-order valence-corrected chi connectivity index (χ2v) is 11.3. The molecule has 8 heteroatoms. The molecule has 0 atom stereocenters. The van der Waals surface area contributed by atoms with Crippen molar-refractivity contribution in [2.45, 2.75) is 63.1 Å². The van der Waals surface area contributed by atoms with E-state index in [4.69, 9.17) is 4.74 Å². The van der Waals surface area contributed by atoms with Crippen LogP contribution in [0.2, 0.25) is 0 Å². The zero-order valence-corrected chi connectivity index (χ0v) is 24.3. The smallest absolute Gasteiger partial charge is 0.408 e. The van der Waals surface area contributed by atoms with Crippen LogP contribution < -0.4 is 10.6 Å². The largest absolute Gasteiger partial charge is 0.480 e. The number of carbonyl (C=O) groups is 3. The first-order valence-electron chi connectivity index (χ1n) is 14.8. The molecule has 3 aromatic carbocycles. The van der Waals surface area contributed by atoms with Gasteiger partial charge >= 0.3 is 12.1 Å². The molecule has 8 nitrogen and oxygen atoms in total. The van der Waals surface area contributed by atoms with Crippen LogP contribution >= 0.6 is 0 Å². The lowest BCUT2D eigenvalue weighted by Crippen LogP contribution is -2.67. The fraction of sp³-hybridized carbons (Fsp3) is 0.382. The molecule has 1 saturated heterocycles. The fourth-order valence-electron chi connectivity index (χ4n) is 6.29. The highest BCUT2D eigenvalue weighted by Gasteiger charge is 2.47. The number of carboxylic acid groups (broad SMARTS) is 1. The Labute approximate surface area is 247 Å². The van der Waals surface area contributed by atoms with Gasteiger partial charge in [0.25, 0.3) is 0 Å². The number of likely N-dealkylation sites (tertiary alicyclic amines) is 1. The monoisotopic (exact) mass is 569 g/mol. The van der Waals surface area contributed by atoms with E-state index < -0.39 is 29.0 Å². The molecule has 1 heterocycles. The van der Waals surface area contributed by atoms with Crippen molar-refractivity contribution >= 4 is 18.0 Å². The maximum atomic E-state index is 13.9. The summed E-state index contributed by atoms with van der Waals surface area (Å²) in [6, 6.07) is 26.3. The van der Waals surface area contributed by atoms with E-state index in [1.54, 1.807) is 13.8 Å². The van der Waals surface area contributed by atoms with Crippen LogP contribution in [0.1, 0.15) is 62.1 Å². The summed E-state index contributed by atoms with van der Waals surface area (Å²) in [6.45, 7) is 5.46. The van der Waals surface area contributed by atoms with Crippen molar-refractivity contribution in [2.24, 2.45) is 0 Å². The summed E-state index contributed by atoms with van der Waals surface area (Å²) < 4.78 is 5.81. The van der Waals surface area contributed by atoms with Crippen molar-refractivity contribution < 1.29 is 24.2 Å². The van der Waals surface area contributed by atoms with Gasteiger partial charge in [0.05, 0.1) is 0 Å². The third kappa shape index (κ3) is 5.77. The van der Waals surface area contributed by atoms with Crippen molar-refractivity contribution in [3.63, 3.8) is 0 Å². The number of ether oxygens (including phenoxy) is 1. The highest BCUT2D eigenvalue weighted by atomic mass is 16.5. The summed E-state index contributed by atoms with van der Waals surface area (Å²) in [7, 11) is 0. The van der Waals surface area contributed by atoms with Crippen LogP contribution in [-0.2, 0) is 20.9 Å². The Morgan fingerprint density at radius 1 is 0.881 bits per heavy atom. The number of aliphatic carboxylic acids is 1. The van der Waals surface area contributed by atoms with E-state index in [0.29, 0.717) is 25.9 Å². The Morgan fingerprint density at radius 2 is 1.43 bits per heavy atom. The number of alkyl carbamates (subject to hydrolysis) is 1. The molecule has 0 radical (unpaired) electrons. The van der Waals surface area contributed by atoms with Crippen LogP contribution in [0.4, 0.5) is 4.79 Å². The van der Waals surface area contributed by atoms with Crippen molar-refractivity contribution in [1.29, 1.82) is 0 Å². The number of carbonyl (C=O) groups excluding carboxylic acids is 2. The fourth-order valence-corrected chi connectivity index (χ4v) is 6.29. The van der Waals surface area contributed by atoms with Gasteiger partial charge < -0.3 is 20.5 Å². The van der Waals surface area contributed by atoms with E-state index in [2.05, 4.69) is 51.9 Å². The van der Waals surface area contributed by atoms with Gasteiger partial charge in [0, 0.05) is 25.6 Å². The topological polar surface area (TPSA) is 108 Å². The van der Waals surface area contributed by atoms with Crippen LogP contribution in [0.5, 0.6) is 0 Å². The normalized spacial score (nSPS) is 16.2. The number of nitrogens with zero attached hydrogens (tertiary/aromatic N) is 1. The molecule has 3 aromatic rings. The number of hydrogen-bond acceptors (Lipinski definition) is 5. The van der Waals surface area contributed by atoms with Crippen LogP contribution in [0.15, 0.2) is 78.9 Å². The van der Waals surface area contributed by atoms with Crippen LogP contribution in [-0.4, -0.2) is 58.8 Å². The maximum absolute atomic E-state index is 13.9. The van der Waals surface area contributed by atoms with Gasteiger partial charge in [-0.3, -0.25) is 9.69 Å². The van der Waals surface area contributed by atoms with Gasteiger partial charge in [0.15, 0.2) is 0 Å². The quantitative estimate of drug-likeness (QED) is 0.305. The zero-order valence-electron chi connectivity index (χ0n) is 24.3. The van der Waals surface area contributed by atoms with Crippen LogP contribution in [0, 0.1) is 0 Å². The third-order valence-corrected chi connectivity index (χ3v) is 9.05. The highest BCUT2D eigenvalue weighted by Crippen LogP contribution is 2.44. The molecule has 2 aliphatic rings. The molecule has 5 rings (SSSR count). The summed E-state index contributed by atoms with van der Waals surface area (Å²) in [6.07, 6.45) is 0.438. The van der Waals surface area contributed by atoms with Crippen molar-refractivity contribution in [1.82, 2.24) is 15.5 Å². The first-order chi connectivity index (χ1) is 20.3. The predicted molar refractivity (Wildman–Crippen MR) is 161 cm³/mol. The minimum absolute atomic E-state index is 0.111. The molecule has 0 spiro atoms. The van der Waals surface area contributed by atoms with E-state index in [1.165, 1.54) is 5.56 Å². The van der Waals surface area contributed by atoms with E-state index in [-0.39, 0.29) is 25.4 Å². The van der Waals surface area contributed by atoms with Gasteiger partial charge in [-0.05, 0) is 53.5 Å². The third-order valence-electron chi connectivity index (χ3n) is 9.05. The van der Waals surface area contributed by atoms with Crippen molar-refractivity contribution in [3.8, 4) is 11.1 Å². The summed E-state index contributed by atoms with van der Waals surface area (Å²) in [4.78, 5) is 41.7. The molecule has 1 aliphatic carbocycles. The van der Waals surface area contributed by atoms with Gasteiger partial charge in [-0.15, -0.1) is 0 Å².